The average Bonchev–Trinajstić information content (AvgIpc) is 2.99. The van der Waals surface area contributed by atoms with Crippen LogP contribution in [0.3, 0.4) is 0 Å². The third kappa shape index (κ3) is 3.07. The average molecular weight is 397 g/mol. The molecule has 0 spiro atoms. The van der Waals surface area contributed by atoms with E-state index < -0.39 is 0 Å². The van der Waals surface area contributed by atoms with Crippen molar-refractivity contribution in [2.24, 2.45) is 28.6 Å². The van der Waals surface area contributed by atoms with E-state index in [2.05, 4.69) is 34.3 Å². The molecule has 0 bridgehead atoms. The van der Waals surface area contributed by atoms with E-state index in [1.54, 1.807) is 0 Å². The van der Waals surface area contributed by atoms with E-state index >= 15 is 0 Å². The number of carbonyl (C=O) groups is 2. The molecular weight excluding hydrogens is 360 g/mol. The number of unbranched alkanes of at least 4 members (excludes halogenated alkanes) is 1. The smallest absolute Gasteiger partial charge is 0.306 e. The van der Waals surface area contributed by atoms with Crippen molar-refractivity contribution >= 4 is 11.8 Å². The summed E-state index contributed by atoms with van der Waals surface area (Å²) in [5.74, 6) is 1.74. The molecule has 0 amide bonds. The minimum atomic E-state index is -0.0782. The highest BCUT2D eigenvalue weighted by Gasteiger charge is 2.60. The Morgan fingerprint density at radius 1 is 1.21 bits per heavy atom. The number of ether oxygens (including phenoxy) is 1. The van der Waals surface area contributed by atoms with Crippen molar-refractivity contribution in [2.45, 2.75) is 85.2 Å². The SMILES string of the molecule is C=C1C[C@@H]2[C@H](CC[C@]3(C)[C@@H](OC(=O)CCCC)CC[C@@H]23)[C@@]2(C)C(C)=CC(=O)C=C12. The molecule has 0 heterocycles. The number of hydrogen-bond acceptors (Lipinski definition) is 3. The van der Waals surface area contributed by atoms with Gasteiger partial charge in [-0.15, -0.1) is 0 Å². The van der Waals surface area contributed by atoms with Gasteiger partial charge in [-0.3, -0.25) is 9.59 Å². The van der Waals surface area contributed by atoms with Crippen LogP contribution < -0.4 is 0 Å². The zero-order chi connectivity index (χ0) is 21.0. The number of rotatable bonds is 4. The molecule has 4 aliphatic rings. The van der Waals surface area contributed by atoms with Crippen molar-refractivity contribution in [1.82, 2.24) is 0 Å². The summed E-state index contributed by atoms with van der Waals surface area (Å²) in [7, 11) is 0. The molecule has 4 aliphatic carbocycles. The summed E-state index contributed by atoms with van der Waals surface area (Å²) in [6.45, 7) is 13.3. The molecule has 4 rings (SSSR count). The maximum absolute atomic E-state index is 12.3. The Morgan fingerprint density at radius 2 is 1.97 bits per heavy atom. The standard InChI is InChI=1S/C26H36O3/c1-6-7-8-24(28)29-23-10-9-20-19-13-16(2)22-15-18(27)14-17(3)26(22,5)21(19)11-12-25(20,23)4/h14-15,19-21,23H,2,6-13H2,1,3-5H3/t19-,20-,21-,23-,25-,26+/m0/s1. The van der Waals surface area contributed by atoms with Gasteiger partial charge >= 0.3 is 5.97 Å². The topological polar surface area (TPSA) is 43.4 Å². The minimum Gasteiger partial charge on any atom is -0.462 e. The van der Waals surface area contributed by atoms with Crippen LogP contribution in [0.15, 0.2) is 35.5 Å². The molecule has 0 aromatic heterocycles. The number of ketones is 1. The van der Waals surface area contributed by atoms with Crippen LogP contribution in [0, 0.1) is 28.6 Å². The quantitative estimate of drug-likeness (QED) is 0.551. The van der Waals surface area contributed by atoms with Crippen LogP contribution >= 0.6 is 0 Å². The second-order valence-corrected chi connectivity index (χ2v) is 10.4. The van der Waals surface area contributed by atoms with Crippen molar-refractivity contribution in [2.75, 3.05) is 0 Å². The van der Waals surface area contributed by atoms with Gasteiger partial charge in [-0.1, -0.05) is 44.9 Å². The Kier molecular flexibility index (Phi) is 5.16. The van der Waals surface area contributed by atoms with Gasteiger partial charge in [-0.2, -0.15) is 0 Å². The molecule has 158 valence electrons. The fraction of sp³-hybridized carbons (Fsp3) is 0.692. The fourth-order valence-corrected chi connectivity index (χ4v) is 7.24. The van der Waals surface area contributed by atoms with Crippen LogP contribution in [0.5, 0.6) is 0 Å². The zero-order valence-electron chi connectivity index (χ0n) is 18.6. The molecule has 3 saturated carbocycles. The van der Waals surface area contributed by atoms with Crippen LogP contribution in [-0.4, -0.2) is 17.9 Å². The van der Waals surface area contributed by atoms with E-state index in [-0.39, 0.29) is 28.7 Å². The summed E-state index contributed by atoms with van der Waals surface area (Å²) in [5, 5.41) is 0. The lowest BCUT2D eigenvalue weighted by atomic mass is 9.46. The molecule has 29 heavy (non-hydrogen) atoms. The molecule has 3 nitrogen and oxygen atoms in total. The second-order valence-electron chi connectivity index (χ2n) is 10.4. The van der Waals surface area contributed by atoms with Crippen molar-refractivity contribution < 1.29 is 14.3 Å². The van der Waals surface area contributed by atoms with Gasteiger partial charge < -0.3 is 4.74 Å². The van der Waals surface area contributed by atoms with Gasteiger partial charge in [-0.25, -0.2) is 0 Å². The molecule has 3 fully saturated rings. The lowest BCUT2D eigenvalue weighted by Gasteiger charge is -2.58. The number of hydrogen-bond donors (Lipinski definition) is 0. The van der Waals surface area contributed by atoms with Gasteiger partial charge in [0.15, 0.2) is 5.78 Å². The van der Waals surface area contributed by atoms with Gasteiger partial charge in [0.1, 0.15) is 6.10 Å². The number of carbonyl (C=O) groups excluding carboxylic acids is 2. The summed E-state index contributed by atoms with van der Waals surface area (Å²) < 4.78 is 6.03. The fourth-order valence-electron chi connectivity index (χ4n) is 7.24. The van der Waals surface area contributed by atoms with E-state index in [1.807, 2.05) is 12.2 Å². The zero-order valence-corrected chi connectivity index (χ0v) is 18.6. The van der Waals surface area contributed by atoms with Gasteiger partial charge in [0.25, 0.3) is 0 Å². The van der Waals surface area contributed by atoms with E-state index in [0.29, 0.717) is 24.2 Å². The maximum Gasteiger partial charge on any atom is 0.306 e. The van der Waals surface area contributed by atoms with E-state index in [4.69, 9.17) is 4.74 Å². The van der Waals surface area contributed by atoms with Gasteiger partial charge in [0.2, 0.25) is 0 Å². The molecule has 0 unspecified atom stereocenters. The molecule has 0 saturated heterocycles. The summed E-state index contributed by atoms with van der Waals surface area (Å²) in [4.78, 5) is 24.5. The van der Waals surface area contributed by atoms with Crippen molar-refractivity contribution in [3.8, 4) is 0 Å². The Labute approximate surface area is 175 Å². The van der Waals surface area contributed by atoms with Crippen molar-refractivity contribution in [1.29, 1.82) is 0 Å². The van der Waals surface area contributed by atoms with Crippen molar-refractivity contribution in [3.63, 3.8) is 0 Å². The molecular formula is C26H36O3. The number of allylic oxidation sites excluding steroid dienone is 5. The molecule has 3 heteroatoms. The summed E-state index contributed by atoms with van der Waals surface area (Å²) in [5.41, 5.74) is 3.50. The lowest BCUT2D eigenvalue weighted by molar-refractivity contribution is -0.159. The van der Waals surface area contributed by atoms with Crippen LogP contribution in [0.1, 0.15) is 79.1 Å². The lowest BCUT2D eigenvalue weighted by Crippen LogP contribution is -2.52. The van der Waals surface area contributed by atoms with Crippen LogP contribution in [-0.2, 0) is 14.3 Å². The largest absolute Gasteiger partial charge is 0.462 e. The molecule has 0 aliphatic heterocycles. The maximum atomic E-state index is 12.3. The highest BCUT2D eigenvalue weighted by molar-refractivity contribution is 6.02. The Hall–Kier alpha value is -1.64. The molecule has 0 aromatic rings. The Balaban J connectivity index is 1.60. The third-order valence-corrected chi connectivity index (χ3v) is 8.99. The molecule has 0 aromatic carbocycles. The van der Waals surface area contributed by atoms with Gasteiger partial charge in [0.05, 0.1) is 0 Å². The Bertz CT molecular complexity index is 803. The highest BCUT2D eigenvalue weighted by atomic mass is 16.5. The first kappa shape index (κ1) is 20.6. The summed E-state index contributed by atoms with van der Waals surface area (Å²) in [6.07, 6.45) is 11.5. The summed E-state index contributed by atoms with van der Waals surface area (Å²) in [6, 6.07) is 0. The van der Waals surface area contributed by atoms with Crippen molar-refractivity contribution in [3.05, 3.63) is 35.5 Å². The first-order valence-electron chi connectivity index (χ1n) is 11.5. The van der Waals surface area contributed by atoms with Crippen LogP contribution in [0.25, 0.3) is 0 Å². The van der Waals surface area contributed by atoms with Crippen LogP contribution in [0.4, 0.5) is 0 Å². The van der Waals surface area contributed by atoms with Gasteiger partial charge in [0, 0.05) is 17.3 Å². The monoisotopic (exact) mass is 396 g/mol. The molecule has 0 N–H and O–H groups in total. The molecule has 6 atom stereocenters. The van der Waals surface area contributed by atoms with E-state index in [9.17, 15) is 9.59 Å². The third-order valence-electron chi connectivity index (χ3n) is 8.99. The predicted molar refractivity (Wildman–Crippen MR) is 115 cm³/mol. The highest BCUT2D eigenvalue weighted by Crippen LogP contribution is 2.66. The first-order valence-corrected chi connectivity index (χ1v) is 11.5. The minimum absolute atomic E-state index is 0.0179. The second kappa shape index (κ2) is 7.25. The predicted octanol–water partition coefficient (Wildman–Crippen LogP) is 5.95. The Morgan fingerprint density at radius 3 is 2.69 bits per heavy atom. The van der Waals surface area contributed by atoms with E-state index in [1.165, 1.54) is 11.1 Å². The number of esters is 1. The van der Waals surface area contributed by atoms with Gasteiger partial charge in [-0.05, 0) is 80.9 Å². The van der Waals surface area contributed by atoms with E-state index in [0.717, 1.165) is 50.5 Å². The normalized spacial score (nSPS) is 41.1. The molecule has 0 radical (unpaired) electrons. The summed E-state index contributed by atoms with van der Waals surface area (Å²) >= 11 is 0. The van der Waals surface area contributed by atoms with Crippen LogP contribution in [0.2, 0.25) is 0 Å². The number of fused-ring (bicyclic) bond motifs is 5. The first-order chi connectivity index (χ1) is 13.7.